The van der Waals surface area contributed by atoms with Crippen LogP contribution in [0, 0.1) is 0 Å². The van der Waals surface area contributed by atoms with Crippen LogP contribution < -0.4 is 0 Å². The highest BCUT2D eigenvalue weighted by Gasteiger charge is 2.44. The molecule has 0 spiro atoms. The van der Waals surface area contributed by atoms with Crippen LogP contribution in [0.3, 0.4) is 0 Å². The number of fused-ring (bicyclic) bond motifs is 1. The number of rotatable bonds is 6. The van der Waals surface area contributed by atoms with Crippen molar-refractivity contribution in [2.45, 2.75) is 41.7 Å². The molecule has 12 heteroatoms. The van der Waals surface area contributed by atoms with Gasteiger partial charge in [-0.3, -0.25) is 9.59 Å². The van der Waals surface area contributed by atoms with E-state index in [0.29, 0.717) is 28.2 Å². The second-order valence-electron chi connectivity index (χ2n) is 6.50. The molecule has 0 saturated carbocycles. The van der Waals surface area contributed by atoms with E-state index in [4.69, 9.17) is 11.6 Å². The van der Waals surface area contributed by atoms with Crippen LogP contribution in [0.4, 0.5) is 17.6 Å². The van der Waals surface area contributed by atoms with Crippen LogP contribution in [0.1, 0.15) is 29.4 Å². The van der Waals surface area contributed by atoms with Crippen molar-refractivity contribution in [2.75, 3.05) is 0 Å². The van der Waals surface area contributed by atoms with Gasteiger partial charge in [0, 0.05) is 12.1 Å². The smallest absolute Gasteiger partial charge is 0.358 e. The van der Waals surface area contributed by atoms with E-state index in [1.807, 2.05) is 0 Å². The molecule has 2 heterocycles. The minimum absolute atomic E-state index is 0.0211. The Labute approximate surface area is 181 Å². The molecule has 3 rings (SSSR count). The van der Waals surface area contributed by atoms with Crippen molar-refractivity contribution in [1.82, 2.24) is 4.90 Å². The molecule has 1 unspecified atom stereocenters. The predicted molar refractivity (Wildman–Crippen MR) is 104 cm³/mol. The van der Waals surface area contributed by atoms with E-state index in [2.05, 4.69) is 0 Å². The number of aliphatic hydroxyl groups excluding tert-OH is 1. The molecule has 1 aliphatic carbocycles. The van der Waals surface area contributed by atoms with Gasteiger partial charge in [-0.15, -0.1) is 11.3 Å². The maximum absolute atomic E-state index is 13.3. The zero-order valence-electron chi connectivity index (χ0n) is 15.2. The number of carbonyl (C=O) groups excluding carboxylic acids is 1. The minimum atomic E-state index is -4.29. The third kappa shape index (κ3) is 4.23. The number of nitrogens with zero attached hydrogens (tertiary/aromatic N) is 1. The van der Waals surface area contributed by atoms with Gasteiger partial charge in [-0.25, -0.2) is 8.78 Å². The first-order valence-corrected chi connectivity index (χ1v) is 10.4. The molecule has 0 aromatic carbocycles. The van der Waals surface area contributed by atoms with Crippen molar-refractivity contribution >= 4 is 46.6 Å². The van der Waals surface area contributed by atoms with E-state index < -0.39 is 36.0 Å². The van der Waals surface area contributed by atoms with Crippen LogP contribution >= 0.6 is 34.7 Å². The Morgan fingerprint density at radius 1 is 1.40 bits per heavy atom. The number of aliphatic hydroxyl groups is 1. The number of hydrogen-bond acceptors (Lipinski definition) is 5. The van der Waals surface area contributed by atoms with Crippen LogP contribution in [0.5, 0.6) is 0 Å². The molecule has 0 fully saturated rings. The Balaban J connectivity index is 1.93. The minimum Gasteiger partial charge on any atom is -0.507 e. The van der Waals surface area contributed by atoms with E-state index in [1.165, 1.54) is 24.0 Å². The first kappa shape index (κ1) is 22.7. The van der Waals surface area contributed by atoms with Gasteiger partial charge in [-0.05, 0) is 48.0 Å². The van der Waals surface area contributed by atoms with Crippen molar-refractivity contribution < 1.29 is 37.4 Å². The highest BCUT2D eigenvalue weighted by molar-refractivity contribution is 8.02. The van der Waals surface area contributed by atoms with Crippen LogP contribution in [0.15, 0.2) is 50.1 Å². The molecule has 162 valence electrons. The summed E-state index contributed by atoms with van der Waals surface area (Å²) in [5.74, 6) is -1.97. The lowest BCUT2D eigenvalue weighted by Crippen LogP contribution is -2.36. The summed E-state index contributed by atoms with van der Waals surface area (Å²) in [5, 5.41) is 14.9. The van der Waals surface area contributed by atoms with Crippen molar-refractivity contribution in [3.05, 3.63) is 50.7 Å². The fourth-order valence-electron chi connectivity index (χ4n) is 3.28. The molecular formula is C18H14ClF4NO4S2. The zero-order chi connectivity index (χ0) is 22.4. The lowest BCUT2D eigenvalue weighted by Gasteiger charge is -2.28. The van der Waals surface area contributed by atoms with Gasteiger partial charge in [0.25, 0.3) is 5.91 Å². The maximum atomic E-state index is 13.3. The van der Waals surface area contributed by atoms with Crippen LogP contribution in [0.2, 0.25) is 0 Å². The largest absolute Gasteiger partial charge is 0.507 e. The predicted octanol–water partition coefficient (Wildman–Crippen LogP) is 5.61. The molecule has 1 aromatic rings. The summed E-state index contributed by atoms with van der Waals surface area (Å²) in [4.78, 5) is 25.7. The average molecular weight is 484 g/mol. The van der Waals surface area contributed by atoms with Crippen molar-refractivity contribution in [3.63, 3.8) is 0 Å². The molecule has 0 radical (unpaired) electrons. The molecule has 1 aliphatic heterocycles. The number of hydrogen-bond donors (Lipinski definition) is 2. The van der Waals surface area contributed by atoms with Crippen LogP contribution in [-0.4, -0.2) is 44.7 Å². The molecule has 1 atom stereocenters. The highest BCUT2D eigenvalue weighted by atomic mass is 35.5. The summed E-state index contributed by atoms with van der Waals surface area (Å²) in [6.07, 6.45) is -2.90. The number of allylic oxidation sites excluding steroid dienone is 2. The number of amides is 1. The Morgan fingerprint density at radius 3 is 2.67 bits per heavy atom. The summed E-state index contributed by atoms with van der Waals surface area (Å²) < 4.78 is 51.3. The molecule has 2 aliphatic rings. The Hall–Kier alpha value is -1.98. The van der Waals surface area contributed by atoms with Crippen LogP contribution in [-0.2, 0) is 4.79 Å². The van der Waals surface area contributed by atoms with Gasteiger partial charge in [0.1, 0.15) is 5.76 Å². The van der Waals surface area contributed by atoms with Gasteiger partial charge >= 0.3 is 17.6 Å². The SMILES string of the molecule is CC1=C(CC(=O)O)C2=CC(O)=C(Cl)CC2N1C(=O)c1ccc(SC(F)(F)C(F)F)s1. The quantitative estimate of drug-likeness (QED) is 0.406. The third-order valence-electron chi connectivity index (χ3n) is 4.59. The van der Waals surface area contributed by atoms with Gasteiger partial charge in [0.05, 0.1) is 26.6 Å². The monoisotopic (exact) mass is 483 g/mol. The van der Waals surface area contributed by atoms with E-state index >= 15 is 0 Å². The number of thioether (sulfide) groups is 1. The molecule has 0 saturated heterocycles. The zero-order valence-corrected chi connectivity index (χ0v) is 17.6. The van der Waals surface area contributed by atoms with Crippen molar-refractivity contribution in [2.24, 2.45) is 0 Å². The molecule has 30 heavy (non-hydrogen) atoms. The molecule has 0 bridgehead atoms. The van der Waals surface area contributed by atoms with E-state index in [9.17, 15) is 37.4 Å². The second-order valence-corrected chi connectivity index (χ2v) is 9.49. The normalized spacial score (nSPS) is 19.5. The van der Waals surface area contributed by atoms with Gasteiger partial charge in [0.2, 0.25) is 0 Å². The summed E-state index contributed by atoms with van der Waals surface area (Å²) in [6, 6.07) is 1.74. The number of alkyl halides is 4. The molecular weight excluding hydrogens is 470 g/mol. The topological polar surface area (TPSA) is 77.8 Å². The van der Waals surface area contributed by atoms with Gasteiger partial charge in [-0.2, -0.15) is 8.78 Å². The molecule has 5 nitrogen and oxygen atoms in total. The lowest BCUT2D eigenvalue weighted by molar-refractivity contribution is -0.136. The fourth-order valence-corrected chi connectivity index (χ4v) is 5.41. The number of thiophene rings is 1. The number of halogens is 5. The summed E-state index contributed by atoms with van der Waals surface area (Å²) in [7, 11) is 0. The summed E-state index contributed by atoms with van der Waals surface area (Å²) in [6.45, 7) is 1.54. The lowest BCUT2D eigenvalue weighted by atomic mass is 9.92. The van der Waals surface area contributed by atoms with E-state index in [1.54, 1.807) is 0 Å². The van der Waals surface area contributed by atoms with Crippen molar-refractivity contribution in [3.8, 4) is 0 Å². The second kappa shape index (κ2) is 8.27. The average Bonchev–Trinajstić information content (AvgIpc) is 3.18. The Bertz CT molecular complexity index is 1000. The van der Waals surface area contributed by atoms with Gasteiger partial charge in [-0.1, -0.05) is 11.6 Å². The number of carboxylic acids is 1. The van der Waals surface area contributed by atoms with E-state index in [0.717, 1.165) is 6.07 Å². The van der Waals surface area contributed by atoms with Crippen LogP contribution in [0.25, 0.3) is 0 Å². The first-order chi connectivity index (χ1) is 13.9. The van der Waals surface area contributed by atoms with Gasteiger partial charge in [0.15, 0.2) is 0 Å². The highest BCUT2D eigenvalue weighted by Crippen LogP contribution is 2.46. The molecule has 1 amide bonds. The first-order valence-electron chi connectivity index (χ1n) is 8.42. The number of carboxylic acid groups (broad SMARTS) is 1. The summed E-state index contributed by atoms with van der Waals surface area (Å²) in [5.41, 5.74) is 1.10. The summed E-state index contributed by atoms with van der Waals surface area (Å²) >= 11 is 6.32. The fraction of sp³-hybridized carbons (Fsp3) is 0.333. The van der Waals surface area contributed by atoms with E-state index in [-0.39, 0.29) is 38.1 Å². The Kier molecular flexibility index (Phi) is 6.26. The maximum Gasteiger partial charge on any atom is 0.358 e. The molecule has 2 N–H and O–H groups in total. The van der Waals surface area contributed by atoms with Gasteiger partial charge < -0.3 is 15.1 Å². The number of aliphatic carboxylic acids is 1. The number of carbonyl (C=O) groups is 2. The molecule has 1 aromatic heterocycles. The standard InChI is InChI=1S/C18H14ClF4NO4S2/c1-7-8(5-14(26)27)9-4-12(25)10(19)6-11(9)24(7)16(28)13-2-3-15(29-13)30-18(22,23)17(20)21/h2-4,11,17,25H,5-6H2,1H3,(H,26,27). The van der Waals surface area contributed by atoms with Crippen molar-refractivity contribution in [1.29, 1.82) is 0 Å². The third-order valence-corrected chi connectivity index (χ3v) is 7.09. The Morgan fingerprint density at radius 2 is 2.07 bits per heavy atom.